The number of fused-ring (bicyclic) bond motifs is 1. The predicted octanol–water partition coefficient (Wildman–Crippen LogP) is 5.50. The highest BCUT2D eigenvalue weighted by Crippen LogP contribution is 2.47. The maximum atomic E-state index is 12.2. The van der Waals surface area contributed by atoms with E-state index in [1.54, 1.807) is 18.8 Å². The Morgan fingerprint density at radius 1 is 1.04 bits per heavy atom. The molecule has 0 N–H and O–H groups in total. The van der Waals surface area contributed by atoms with Gasteiger partial charge in [-0.1, -0.05) is 72.1 Å². The third-order valence-electron chi connectivity index (χ3n) is 4.52. The maximum Gasteiger partial charge on any atom is 0.265 e. The van der Waals surface area contributed by atoms with Gasteiger partial charge in [0, 0.05) is 18.5 Å². The van der Waals surface area contributed by atoms with Gasteiger partial charge in [-0.25, -0.2) is 0 Å². The molecule has 0 aromatic heterocycles. The van der Waals surface area contributed by atoms with E-state index < -0.39 is 0 Å². The molecular formula is C21H18N2OS3. The van der Waals surface area contributed by atoms with Crippen molar-refractivity contribution in [2.45, 2.75) is 11.8 Å². The molecule has 4 rings (SSSR count). The maximum absolute atomic E-state index is 12.2. The van der Waals surface area contributed by atoms with E-state index in [2.05, 4.69) is 54.3 Å². The van der Waals surface area contributed by atoms with Gasteiger partial charge in [-0.2, -0.15) is 0 Å². The van der Waals surface area contributed by atoms with Gasteiger partial charge in [-0.15, -0.1) is 0 Å². The second-order valence-corrected chi connectivity index (χ2v) is 8.90. The molecule has 0 spiro atoms. The van der Waals surface area contributed by atoms with Crippen LogP contribution in [-0.4, -0.2) is 28.7 Å². The van der Waals surface area contributed by atoms with Gasteiger partial charge in [0.2, 0.25) is 0 Å². The first-order valence-corrected chi connectivity index (χ1v) is 10.7. The van der Waals surface area contributed by atoms with Crippen molar-refractivity contribution in [1.82, 2.24) is 4.90 Å². The van der Waals surface area contributed by atoms with Gasteiger partial charge in [-0.3, -0.25) is 9.69 Å². The average molecular weight is 411 g/mol. The minimum Gasteiger partial charge on any atom is -0.335 e. The second kappa shape index (κ2) is 7.54. The Balaban J connectivity index is 1.65. The molecule has 3 nitrogen and oxygen atoms in total. The average Bonchev–Trinajstić information content (AvgIpc) is 3.18. The van der Waals surface area contributed by atoms with Crippen LogP contribution in [0.25, 0.3) is 11.1 Å². The summed E-state index contributed by atoms with van der Waals surface area (Å²) in [4.78, 5) is 17.9. The zero-order chi connectivity index (χ0) is 19.0. The SMILES string of the molecule is CCN1/C(=C/C=C2/SC(=S)N(C)C2=O)Sc2ccc(-c3ccccc3)cc21. The lowest BCUT2D eigenvalue weighted by Gasteiger charge is -2.18. The highest BCUT2D eigenvalue weighted by atomic mass is 32.2. The van der Waals surface area contributed by atoms with E-state index in [0.717, 1.165) is 11.6 Å². The van der Waals surface area contributed by atoms with Crippen molar-refractivity contribution in [1.29, 1.82) is 0 Å². The summed E-state index contributed by atoms with van der Waals surface area (Å²) < 4.78 is 0.604. The summed E-state index contributed by atoms with van der Waals surface area (Å²) in [6.45, 7) is 3.01. The summed E-state index contributed by atoms with van der Waals surface area (Å²) in [6.07, 6.45) is 3.91. The van der Waals surface area contributed by atoms with Crippen LogP contribution < -0.4 is 4.90 Å². The third kappa shape index (κ3) is 3.45. The molecule has 2 aliphatic heterocycles. The van der Waals surface area contributed by atoms with E-state index in [1.165, 1.54) is 38.4 Å². The summed E-state index contributed by atoms with van der Waals surface area (Å²) >= 11 is 8.29. The van der Waals surface area contributed by atoms with Crippen LogP contribution in [0.5, 0.6) is 0 Å². The quantitative estimate of drug-likeness (QED) is 0.491. The van der Waals surface area contributed by atoms with E-state index in [9.17, 15) is 4.79 Å². The first-order chi connectivity index (χ1) is 13.1. The fourth-order valence-electron chi connectivity index (χ4n) is 3.07. The Kier molecular flexibility index (Phi) is 5.12. The number of amides is 1. The molecule has 6 heteroatoms. The first kappa shape index (κ1) is 18.3. The highest BCUT2D eigenvalue weighted by Gasteiger charge is 2.29. The normalized spacial score (nSPS) is 19.5. The van der Waals surface area contributed by atoms with Crippen LogP contribution in [0, 0.1) is 0 Å². The van der Waals surface area contributed by atoms with Crippen molar-refractivity contribution in [2.75, 3.05) is 18.5 Å². The number of carbonyl (C=O) groups is 1. The predicted molar refractivity (Wildman–Crippen MR) is 120 cm³/mol. The van der Waals surface area contributed by atoms with Crippen molar-refractivity contribution in [2.24, 2.45) is 0 Å². The zero-order valence-corrected chi connectivity index (χ0v) is 17.5. The Morgan fingerprint density at radius 3 is 2.48 bits per heavy atom. The number of likely N-dealkylation sites (N-methyl/N-ethyl adjacent to an activating group) is 1. The molecule has 0 unspecified atom stereocenters. The monoisotopic (exact) mass is 410 g/mol. The number of thioether (sulfide) groups is 2. The Labute approximate surface area is 173 Å². The van der Waals surface area contributed by atoms with Crippen LogP contribution in [0.1, 0.15) is 6.92 Å². The number of anilines is 1. The summed E-state index contributed by atoms with van der Waals surface area (Å²) in [5.41, 5.74) is 3.64. The third-order valence-corrected chi connectivity index (χ3v) is 7.15. The molecular weight excluding hydrogens is 392 g/mol. The number of hydrogen-bond acceptors (Lipinski definition) is 5. The van der Waals surface area contributed by atoms with Gasteiger partial charge < -0.3 is 4.90 Å². The Hall–Kier alpha value is -2.02. The van der Waals surface area contributed by atoms with Crippen LogP contribution in [0.4, 0.5) is 5.69 Å². The minimum atomic E-state index is -0.0308. The van der Waals surface area contributed by atoms with Crippen molar-refractivity contribution < 1.29 is 4.79 Å². The zero-order valence-electron chi connectivity index (χ0n) is 15.0. The molecule has 2 aromatic carbocycles. The lowest BCUT2D eigenvalue weighted by molar-refractivity contribution is -0.121. The van der Waals surface area contributed by atoms with Crippen LogP contribution in [-0.2, 0) is 4.79 Å². The van der Waals surface area contributed by atoms with Crippen molar-refractivity contribution in [3.05, 3.63) is 70.6 Å². The molecule has 1 fully saturated rings. The number of allylic oxidation sites excluding steroid dienone is 2. The molecule has 0 aliphatic carbocycles. The van der Waals surface area contributed by atoms with Gasteiger partial charge in [0.25, 0.3) is 5.91 Å². The Bertz CT molecular complexity index is 982. The lowest BCUT2D eigenvalue weighted by atomic mass is 10.0. The smallest absolute Gasteiger partial charge is 0.265 e. The molecule has 2 heterocycles. The van der Waals surface area contributed by atoms with Gasteiger partial charge in [0.15, 0.2) is 0 Å². The molecule has 2 aliphatic rings. The summed E-state index contributed by atoms with van der Waals surface area (Å²) in [6, 6.07) is 17.0. The first-order valence-electron chi connectivity index (χ1n) is 8.65. The van der Waals surface area contributed by atoms with Crippen LogP contribution in [0.2, 0.25) is 0 Å². The van der Waals surface area contributed by atoms with Gasteiger partial charge in [-0.05, 0) is 42.3 Å². The van der Waals surface area contributed by atoms with Gasteiger partial charge in [0.1, 0.15) is 4.32 Å². The molecule has 0 atom stereocenters. The fourth-order valence-corrected chi connectivity index (χ4v) is 5.30. The second-order valence-electron chi connectivity index (χ2n) is 6.16. The minimum absolute atomic E-state index is 0.0308. The van der Waals surface area contributed by atoms with E-state index in [1.807, 2.05) is 18.2 Å². The molecule has 2 aromatic rings. The van der Waals surface area contributed by atoms with E-state index in [-0.39, 0.29) is 5.91 Å². The number of hydrogen-bond donors (Lipinski definition) is 0. The number of thiocarbonyl (C=S) groups is 1. The number of nitrogens with zero attached hydrogens (tertiary/aromatic N) is 2. The summed E-state index contributed by atoms with van der Waals surface area (Å²) in [5.74, 6) is -0.0308. The number of rotatable bonds is 3. The topological polar surface area (TPSA) is 23.6 Å². The van der Waals surface area contributed by atoms with E-state index in [4.69, 9.17) is 12.2 Å². The number of carbonyl (C=O) groups excluding carboxylic acids is 1. The van der Waals surface area contributed by atoms with E-state index in [0.29, 0.717) is 9.23 Å². The van der Waals surface area contributed by atoms with Crippen LogP contribution in [0.3, 0.4) is 0 Å². The fraction of sp³-hybridized carbons (Fsp3) is 0.143. The molecule has 0 saturated carbocycles. The highest BCUT2D eigenvalue weighted by molar-refractivity contribution is 8.26. The molecule has 1 saturated heterocycles. The van der Waals surface area contributed by atoms with Gasteiger partial charge >= 0.3 is 0 Å². The number of benzene rings is 2. The molecule has 0 radical (unpaired) electrons. The molecule has 136 valence electrons. The van der Waals surface area contributed by atoms with Crippen LogP contribution >= 0.6 is 35.7 Å². The lowest BCUT2D eigenvalue weighted by Crippen LogP contribution is -2.22. The molecule has 0 bridgehead atoms. The van der Waals surface area contributed by atoms with Crippen LogP contribution in [0.15, 0.2) is 75.5 Å². The Morgan fingerprint density at radius 2 is 1.81 bits per heavy atom. The molecule has 27 heavy (non-hydrogen) atoms. The van der Waals surface area contributed by atoms with Crippen molar-refractivity contribution >= 4 is 51.7 Å². The standard InChI is InChI=1S/C21H18N2OS3/c1-3-23-16-13-15(14-7-5-4-6-8-14)9-10-17(16)26-19(23)12-11-18-20(24)22(2)21(25)27-18/h4-13H,3H2,1-2H3/b18-11+,19-12-. The largest absolute Gasteiger partial charge is 0.335 e. The summed E-state index contributed by atoms with van der Waals surface area (Å²) in [5, 5.41) is 1.12. The van der Waals surface area contributed by atoms with Crippen molar-refractivity contribution in [3.8, 4) is 11.1 Å². The molecule has 1 amide bonds. The summed E-state index contributed by atoms with van der Waals surface area (Å²) in [7, 11) is 1.72. The van der Waals surface area contributed by atoms with Gasteiger partial charge in [0.05, 0.1) is 15.6 Å². The van der Waals surface area contributed by atoms with E-state index >= 15 is 0 Å². The van der Waals surface area contributed by atoms with Crippen molar-refractivity contribution in [3.63, 3.8) is 0 Å².